The molecule has 2 N–H and O–H groups in total. The predicted molar refractivity (Wildman–Crippen MR) is 44.8 cm³/mol. The van der Waals surface area contributed by atoms with Crippen LogP contribution in [0.2, 0.25) is 0 Å². The van der Waals surface area contributed by atoms with E-state index >= 15 is 0 Å². The first-order valence-corrected chi connectivity index (χ1v) is 3.84. The number of carbonyl (C=O) groups is 1. The maximum Gasteiger partial charge on any atom is 0.329 e. The van der Waals surface area contributed by atoms with Crippen LogP contribution < -0.4 is 10.1 Å². The number of nitrogens with zero attached hydrogens (tertiary/aromatic N) is 1. The number of rotatable bonds is 1. The number of aliphatic carboxylic acids is 1. The monoisotopic (exact) mass is 180 g/mol. The Kier molecular flexibility index (Phi) is 1.77. The number of hydrogen-bond acceptors (Lipinski definition) is 4. The van der Waals surface area contributed by atoms with Gasteiger partial charge in [-0.15, -0.1) is 0 Å². The molecule has 0 bridgehead atoms. The van der Waals surface area contributed by atoms with E-state index in [1.54, 1.807) is 18.3 Å². The van der Waals surface area contributed by atoms with E-state index in [0.717, 1.165) is 0 Å². The number of ether oxygens (including phenoxy) is 1. The summed E-state index contributed by atoms with van der Waals surface area (Å²) in [6, 6.07) is 2.78. The summed E-state index contributed by atoms with van der Waals surface area (Å²) < 4.78 is 5.19. The Balaban J connectivity index is 2.24. The van der Waals surface area contributed by atoms with Crippen molar-refractivity contribution in [1.29, 1.82) is 0 Å². The van der Waals surface area contributed by atoms with Crippen LogP contribution in [0, 0.1) is 0 Å². The molecule has 68 valence electrons. The van der Waals surface area contributed by atoms with Gasteiger partial charge in [-0.3, -0.25) is 0 Å². The third-order valence-electron chi connectivity index (χ3n) is 1.79. The van der Waals surface area contributed by atoms with Crippen molar-refractivity contribution in [3.8, 4) is 5.75 Å². The average molecular weight is 180 g/mol. The molecule has 1 aromatic rings. The Morgan fingerprint density at radius 2 is 2.62 bits per heavy atom. The second-order valence-electron chi connectivity index (χ2n) is 2.70. The molecule has 1 aliphatic heterocycles. The van der Waals surface area contributed by atoms with E-state index in [0.29, 0.717) is 11.6 Å². The van der Waals surface area contributed by atoms with E-state index in [-0.39, 0.29) is 6.61 Å². The van der Waals surface area contributed by atoms with E-state index in [1.165, 1.54) is 0 Å². The largest absolute Gasteiger partial charge is 0.487 e. The molecule has 0 spiro atoms. The molecule has 0 saturated carbocycles. The zero-order valence-corrected chi connectivity index (χ0v) is 6.73. The maximum atomic E-state index is 10.6. The molecule has 2 rings (SSSR count). The number of fused-ring (bicyclic) bond motifs is 1. The molecular weight excluding hydrogens is 172 g/mol. The lowest BCUT2D eigenvalue weighted by Gasteiger charge is -2.23. The third-order valence-corrected chi connectivity index (χ3v) is 1.79. The molecule has 1 atom stereocenters. The minimum atomic E-state index is -0.934. The van der Waals surface area contributed by atoms with Gasteiger partial charge in [-0.25, -0.2) is 9.78 Å². The van der Waals surface area contributed by atoms with Crippen molar-refractivity contribution in [1.82, 2.24) is 4.98 Å². The van der Waals surface area contributed by atoms with Gasteiger partial charge in [-0.1, -0.05) is 0 Å². The Hall–Kier alpha value is -1.78. The highest BCUT2D eigenvalue weighted by atomic mass is 16.5. The summed E-state index contributed by atoms with van der Waals surface area (Å²) in [5, 5.41) is 11.5. The average Bonchev–Trinajstić information content (AvgIpc) is 2.17. The summed E-state index contributed by atoms with van der Waals surface area (Å²) in [5.41, 5.74) is 0. The lowest BCUT2D eigenvalue weighted by molar-refractivity contribution is -0.138. The quantitative estimate of drug-likeness (QED) is 0.652. The van der Waals surface area contributed by atoms with Crippen molar-refractivity contribution in [3.63, 3.8) is 0 Å². The van der Waals surface area contributed by atoms with Crippen molar-refractivity contribution in [2.45, 2.75) is 6.04 Å². The smallest absolute Gasteiger partial charge is 0.329 e. The fraction of sp³-hybridized carbons (Fsp3) is 0.250. The lowest BCUT2D eigenvalue weighted by atomic mass is 10.2. The molecule has 5 nitrogen and oxygen atoms in total. The molecule has 5 heteroatoms. The van der Waals surface area contributed by atoms with Crippen LogP contribution in [0.4, 0.5) is 5.82 Å². The summed E-state index contributed by atoms with van der Waals surface area (Å²) >= 11 is 0. The molecular formula is C8H8N2O3. The van der Waals surface area contributed by atoms with Gasteiger partial charge in [0.15, 0.2) is 17.6 Å². The number of anilines is 1. The normalized spacial score (nSPS) is 19.5. The zero-order chi connectivity index (χ0) is 9.26. The lowest BCUT2D eigenvalue weighted by Crippen LogP contribution is -2.38. The first-order chi connectivity index (χ1) is 6.27. The maximum absolute atomic E-state index is 10.6. The molecule has 1 unspecified atom stereocenters. The first kappa shape index (κ1) is 7.85. The molecule has 1 aromatic heterocycles. The van der Waals surface area contributed by atoms with Crippen LogP contribution in [0.15, 0.2) is 18.3 Å². The highest BCUT2D eigenvalue weighted by Gasteiger charge is 2.24. The third kappa shape index (κ3) is 1.40. The predicted octanol–water partition coefficient (Wildman–Crippen LogP) is 0.339. The first-order valence-electron chi connectivity index (χ1n) is 3.84. The number of hydrogen-bond donors (Lipinski definition) is 2. The topological polar surface area (TPSA) is 71.5 Å². The molecule has 0 aliphatic carbocycles. The van der Waals surface area contributed by atoms with E-state index in [4.69, 9.17) is 9.84 Å². The molecule has 0 fully saturated rings. The van der Waals surface area contributed by atoms with Gasteiger partial charge < -0.3 is 15.2 Å². The second kappa shape index (κ2) is 2.93. The van der Waals surface area contributed by atoms with Crippen molar-refractivity contribution in [2.75, 3.05) is 11.9 Å². The molecule has 1 aliphatic rings. The zero-order valence-electron chi connectivity index (χ0n) is 6.73. The highest BCUT2D eigenvalue weighted by molar-refractivity contribution is 5.78. The molecule has 0 amide bonds. The van der Waals surface area contributed by atoms with E-state index in [1.807, 2.05) is 0 Å². The minimum absolute atomic E-state index is 0.133. The van der Waals surface area contributed by atoms with Crippen LogP contribution in [0.5, 0.6) is 5.75 Å². The van der Waals surface area contributed by atoms with Crippen LogP contribution in [0.1, 0.15) is 0 Å². The molecule has 0 saturated heterocycles. The van der Waals surface area contributed by atoms with Crippen LogP contribution in [-0.4, -0.2) is 28.7 Å². The van der Waals surface area contributed by atoms with E-state index < -0.39 is 12.0 Å². The SMILES string of the molecule is O=C(O)C1COc2cccnc2N1. The van der Waals surface area contributed by atoms with Gasteiger partial charge in [0, 0.05) is 6.20 Å². The van der Waals surface area contributed by atoms with Gasteiger partial charge in [0.05, 0.1) is 0 Å². The van der Waals surface area contributed by atoms with Gasteiger partial charge in [0.2, 0.25) is 0 Å². The number of carboxylic acid groups (broad SMARTS) is 1. The number of nitrogens with one attached hydrogen (secondary N) is 1. The number of pyridine rings is 1. The van der Waals surface area contributed by atoms with Gasteiger partial charge in [-0.2, -0.15) is 0 Å². The Morgan fingerprint density at radius 3 is 3.38 bits per heavy atom. The molecule has 2 heterocycles. The number of carboxylic acids is 1. The van der Waals surface area contributed by atoms with Crippen molar-refractivity contribution < 1.29 is 14.6 Å². The fourth-order valence-electron chi connectivity index (χ4n) is 1.13. The van der Waals surface area contributed by atoms with Gasteiger partial charge in [-0.05, 0) is 12.1 Å². The fourth-order valence-corrected chi connectivity index (χ4v) is 1.13. The number of aromatic nitrogens is 1. The molecule has 0 aromatic carbocycles. The summed E-state index contributed by atoms with van der Waals surface area (Å²) in [7, 11) is 0. The van der Waals surface area contributed by atoms with Crippen LogP contribution in [-0.2, 0) is 4.79 Å². The standard InChI is InChI=1S/C8H8N2O3/c11-8(12)5-4-13-6-2-1-3-9-7(6)10-5/h1-3,5H,4H2,(H,9,10)(H,11,12). The van der Waals surface area contributed by atoms with Crippen LogP contribution >= 0.6 is 0 Å². The summed E-state index contributed by atoms with van der Waals surface area (Å²) in [5.74, 6) is 0.150. The van der Waals surface area contributed by atoms with Crippen molar-refractivity contribution >= 4 is 11.8 Å². The Labute approximate surface area is 74.4 Å². The highest BCUT2D eigenvalue weighted by Crippen LogP contribution is 2.25. The van der Waals surface area contributed by atoms with Crippen molar-refractivity contribution in [3.05, 3.63) is 18.3 Å². The Morgan fingerprint density at radius 1 is 1.77 bits per heavy atom. The Bertz CT molecular complexity index is 340. The molecule has 13 heavy (non-hydrogen) atoms. The van der Waals surface area contributed by atoms with Crippen molar-refractivity contribution in [2.24, 2.45) is 0 Å². The van der Waals surface area contributed by atoms with E-state index in [2.05, 4.69) is 10.3 Å². The van der Waals surface area contributed by atoms with Gasteiger partial charge in [0.25, 0.3) is 0 Å². The summed E-state index contributed by atoms with van der Waals surface area (Å²) in [4.78, 5) is 14.5. The minimum Gasteiger partial charge on any atom is -0.487 e. The summed E-state index contributed by atoms with van der Waals surface area (Å²) in [6.07, 6.45) is 1.58. The van der Waals surface area contributed by atoms with Crippen LogP contribution in [0.25, 0.3) is 0 Å². The van der Waals surface area contributed by atoms with Crippen LogP contribution in [0.3, 0.4) is 0 Å². The van der Waals surface area contributed by atoms with E-state index in [9.17, 15) is 4.79 Å². The van der Waals surface area contributed by atoms with Gasteiger partial charge >= 0.3 is 5.97 Å². The van der Waals surface area contributed by atoms with Gasteiger partial charge in [0.1, 0.15) is 6.61 Å². The molecule has 0 radical (unpaired) electrons. The second-order valence-corrected chi connectivity index (χ2v) is 2.70. The summed E-state index contributed by atoms with van der Waals surface area (Å²) in [6.45, 7) is 0.133.